The molecule has 0 spiro atoms. The van der Waals surface area contributed by atoms with Crippen molar-refractivity contribution in [3.63, 3.8) is 0 Å². The summed E-state index contributed by atoms with van der Waals surface area (Å²) in [6, 6.07) is 0.231. The molecular weight excluding hydrogens is 696 g/mol. The molecule has 1 heterocycles. The third kappa shape index (κ3) is 13.0. The highest BCUT2D eigenvalue weighted by Crippen LogP contribution is 2.24. The lowest BCUT2D eigenvalue weighted by atomic mass is 9.88. The fourth-order valence-electron chi connectivity index (χ4n) is 5.61. The van der Waals surface area contributed by atoms with Gasteiger partial charge in [0.2, 0.25) is 29.5 Å². The summed E-state index contributed by atoms with van der Waals surface area (Å²) in [6.07, 6.45) is -0.482. The SMILES string of the molecule is CC(=O)[C@](N)(CCCN=C(N)N)C(=O)N1CCC[C@H]1C(=O)N[C@@H](CC(=O)O)C(=O)N[C@H](C(=O)N[C@@H](Cc1ccc(O)cc1)C(=O)NCC(N)=O)C(C)C. The molecule has 5 atom stereocenters. The molecule has 0 aromatic heterocycles. The molecule has 14 N–H and O–H groups in total. The second-order valence-electron chi connectivity index (χ2n) is 13.1. The zero-order valence-corrected chi connectivity index (χ0v) is 29.9. The third-order valence-electron chi connectivity index (χ3n) is 8.55. The number of carboxylic acids is 1. The molecule has 1 saturated heterocycles. The van der Waals surface area contributed by atoms with Gasteiger partial charge < -0.3 is 59.3 Å². The number of phenols is 1. The monoisotopic (exact) mass is 746 g/mol. The fraction of sp³-hybridized carbons (Fsp3) is 0.545. The van der Waals surface area contributed by atoms with Gasteiger partial charge in [-0.15, -0.1) is 0 Å². The molecule has 1 aliphatic rings. The Morgan fingerprint density at radius 3 is 2.13 bits per heavy atom. The number of carbonyl (C=O) groups is 8. The highest BCUT2D eigenvalue weighted by atomic mass is 16.4. The van der Waals surface area contributed by atoms with E-state index in [0.29, 0.717) is 12.0 Å². The van der Waals surface area contributed by atoms with E-state index in [1.807, 2.05) is 0 Å². The molecule has 0 bridgehead atoms. The van der Waals surface area contributed by atoms with E-state index in [9.17, 15) is 48.6 Å². The minimum atomic E-state index is -2.01. The number of likely N-dealkylation sites (tertiary alicyclic amines) is 1. The number of aliphatic imine (C=N–C) groups is 1. The highest BCUT2D eigenvalue weighted by Gasteiger charge is 2.47. The highest BCUT2D eigenvalue weighted by molar-refractivity contribution is 6.10. The number of aliphatic carboxylic acids is 1. The average molecular weight is 747 g/mol. The number of carboxylic acid groups (broad SMARTS) is 1. The molecule has 0 radical (unpaired) electrons. The van der Waals surface area contributed by atoms with Gasteiger partial charge in [-0.25, -0.2) is 0 Å². The van der Waals surface area contributed by atoms with Crippen molar-refractivity contribution in [2.45, 2.75) is 89.0 Å². The lowest BCUT2D eigenvalue weighted by Crippen LogP contribution is -2.63. The van der Waals surface area contributed by atoms with Crippen molar-refractivity contribution in [2.75, 3.05) is 19.6 Å². The van der Waals surface area contributed by atoms with Crippen molar-refractivity contribution in [1.29, 1.82) is 0 Å². The van der Waals surface area contributed by atoms with Gasteiger partial charge >= 0.3 is 5.97 Å². The van der Waals surface area contributed by atoms with Crippen LogP contribution in [-0.4, -0.2) is 118 Å². The Morgan fingerprint density at radius 1 is 0.943 bits per heavy atom. The lowest BCUT2D eigenvalue weighted by molar-refractivity contribution is -0.148. The predicted molar refractivity (Wildman–Crippen MR) is 189 cm³/mol. The summed E-state index contributed by atoms with van der Waals surface area (Å²) in [6.45, 7) is 3.92. The molecule has 53 heavy (non-hydrogen) atoms. The van der Waals surface area contributed by atoms with Crippen LogP contribution in [0.3, 0.4) is 0 Å². The van der Waals surface area contributed by atoms with Gasteiger partial charge in [-0.2, -0.15) is 0 Å². The zero-order chi connectivity index (χ0) is 40.0. The second kappa shape index (κ2) is 19.7. The van der Waals surface area contributed by atoms with Crippen LogP contribution in [0.2, 0.25) is 0 Å². The first-order valence-electron chi connectivity index (χ1n) is 16.9. The van der Waals surface area contributed by atoms with Crippen LogP contribution in [0, 0.1) is 5.92 Å². The standard InChI is InChI=1S/C33H50N10O10/c1-17(2)26(30(52)41-21(27(49)39-16-24(34)46)14-19-7-9-20(45)10-8-19)42-28(50)22(15-25(47)48)40-29(51)23-6-4-13-43(23)31(53)33(37,18(3)44)11-5-12-38-32(35)36/h7-10,17,21-23,26,45H,4-6,11-16,37H2,1-3H3,(H2,34,46)(H,39,49)(H,40,51)(H,41,52)(H,42,50)(H,47,48)(H4,35,36,38)/t21-,22-,23-,26-,33+/m0/s1. The van der Waals surface area contributed by atoms with Crippen molar-refractivity contribution < 1.29 is 48.6 Å². The first-order valence-corrected chi connectivity index (χ1v) is 16.9. The van der Waals surface area contributed by atoms with E-state index in [1.165, 1.54) is 24.3 Å². The molecule has 1 aromatic rings. The van der Waals surface area contributed by atoms with Gasteiger partial charge in [-0.05, 0) is 56.2 Å². The maximum absolute atomic E-state index is 13.6. The molecule has 0 saturated carbocycles. The van der Waals surface area contributed by atoms with Crippen LogP contribution in [0.25, 0.3) is 0 Å². The largest absolute Gasteiger partial charge is 0.508 e. The molecular formula is C33H50N10O10. The molecule has 0 aliphatic carbocycles. The number of amides is 6. The number of primary amides is 1. The number of ketones is 1. The maximum atomic E-state index is 13.6. The Morgan fingerprint density at radius 2 is 1.58 bits per heavy atom. The minimum Gasteiger partial charge on any atom is -0.508 e. The maximum Gasteiger partial charge on any atom is 0.305 e. The quantitative estimate of drug-likeness (QED) is 0.0268. The topological polar surface area (TPSA) is 345 Å². The summed E-state index contributed by atoms with van der Waals surface area (Å²) in [7, 11) is 0. The molecule has 20 heteroatoms. The molecule has 20 nitrogen and oxygen atoms in total. The van der Waals surface area contributed by atoms with E-state index < -0.39 is 95.8 Å². The molecule has 0 unspecified atom stereocenters. The van der Waals surface area contributed by atoms with Crippen LogP contribution in [0.15, 0.2) is 29.3 Å². The second-order valence-corrected chi connectivity index (χ2v) is 13.1. The van der Waals surface area contributed by atoms with E-state index in [-0.39, 0.29) is 50.5 Å². The van der Waals surface area contributed by atoms with E-state index >= 15 is 0 Å². The Labute approximate surface area is 305 Å². The van der Waals surface area contributed by atoms with Crippen molar-refractivity contribution in [3.05, 3.63) is 29.8 Å². The summed E-state index contributed by atoms with van der Waals surface area (Å²) in [5.74, 6) is -8.17. The molecule has 2 rings (SSSR count). The number of nitrogens with one attached hydrogen (secondary N) is 4. The normalized spacial score (nSPS) is 16.6. The summed E-state index contributed by atoms with van der Waals surface area (Å²) >= 11 is 0. The molecule has 6 amide bonds. The number of aromatic hydroxyl groups is 1. The number of Topliss-reactive ketones (excluding diaryl/α,β-unsaturated/α-hetero) is 1. The van der Waals surface area contributed by atoms with Gasteiger partial charge in [0.1, 0.15) is 29.9 Å². The van der Waals surface area contributed by atoms with Crippen LogP contribution in [0.5, 0.6) is 5.75 Å². The number of hydrogen-bond donors (Lipinski definition) is 10. The van der Waals surface area contributed by atoms with Gasteiger partial charge in [0.25, 0.3) is 5.91 Å². The number of nitrogens with zero attached hydrogens (tertiary/aromatic N) is 2. The smallest absolute Gasteiger partial charge is 0.305 e. The van der Waals surface area contributed by atoms with Crippen LogP contribution in [0.1, 0.15) is 58.4 Å². The zero-order valence-electron chi connectivity index (χ0n) is 29.9. The number of carbonyl (C=O) groups excluding carboxylic acids is 7. The summed E-state index contributed by atoms with van der Waals surface area (Å²) < 4.78 is 0. The van der Waals surface area contributed by atoms with Gasteiger partial charge in [0.15, 0.2) is 17.3 Å². The van der Waals surface area contributed by atoms with E-state index in [4.69, 9.17) is 22.9 Å². The van der Waals surface area contributed by atoms with Crippen LogP contribution in [0.4, 0.5) is 0 Å². The van der Waals surface area contributed by atoms with E-state index in [2.05, 4.69) is 26.3 Å². The van der Waals surface area contributed by atoms with Gasteiger partial charge in [-0.1, -0.05) is 26.0 Å². The predicted octanol–water partition coefficient (Wildman–Crippen LogP) is -3.55. The minimum absolute atomic E-state index is 0.0371. The Bertz CT molecular complexity index is 1560. The Balaban J connectivity index is 2.26. The Kier molecular flexibility index (Phi) is 16.1. The summed E-state index contributed by atoms with van der Waals surface area (Å²) in [4.78, 5) is 108. The molecule has 292 valence electrons. The summed E-state index contributed by atoms with van der Waals surface area (Å²) in [5, 5.41) is 28.9. The number of nitrogens with two attached hydrogens (primary N) is 4. The van der Waals surface area contributed by atoms with Crippen molar-refractivity contribution in [3.8, 4) is 5.75 Å². The van der Waals surface area contributed by atoms with Gasteiger partial charge in [0.05, 0.1) is 13.0 Å². The van der Waals surface area contributed by atoms with Crippen LogP contribution in [-0.2, 0) is 44.8 Å². The summed E-state index contributed by atoms with van der Waals surface area (Å²) in [5.41, 5.74) is 20.6. The van der Waals surface area contributed by atoms with Crippen molar-refractivity contribution in [1.82, 2.24) is 26.2 Å². The van der Waals surface area contributed by atoms with Crippen LogP contribution >= 0.6 is 0 Å². The first kappa shape index (κ1) is 43.4. The van der Waals surface area contributed by atoms with Gasteiger partial charge in [0, 0.05) is 19.5 Å². The number of rotatable bonds is 20. The van der Waals surface area contributed by atoms with Crippen molar-refractivity contribution in [2.24, 2.45) is 33.8 Å². The Hall–Kier alpha value is -5.79. The van der Waals surface area contributed by atoms with Gasteiger partial charge in [-0.3, -0.25) is 43.3 Å². The fourth-order valence-corrected chi connectivity index (χ4v) is 5.61. The van der Waals surface area contributed by atoms with E-state index in [1.54, 1.807) is 13.8 Å². The number of hydrogen-bond acceptors (Lipinski definition) is 11. The van der Waals surface area contributed by atoms with Crippen molar-refractivity contribution >= 4 is 53.2 Å². The molecule has 1 fully saturated rings. The molecule has 1 aromatic carbocycles. The number of benzene rings is 1. The number of phenolic OH excluding ortho intramolecular Hbond substituents is 1. The number of guanidine groups is 1. The lowest BCUT2D eigenvalue weighted by Gasteiger charge is -2.34. The van der Waals surface area contributed by atoms with E-state index in [0.717, 1.165) is 11.8 Å². The molecule has 1 aliphatic heterocycles. The average Bonchev–Trinajstić information content (AvgIpc) is 3.57. The van der Waals surface area contributed by atoms with Crippen LogP contribution < -0.4 is 44.2 Å². The third-order valence-corrected chi connectivity index (χ3v) is 8.55. The first-order chi connectivity index (χ1) is 24.8.